The second kappa shape index (κ2) is 5.42. The summed E-state index contributed by atoms with van der Waals surface area (Å²) in [5, 5.41) is 9.63. The van der Waals surface area contributed by atoms with Crippen molar-refractivity contribution < 1.29 is 18.3 Å². The number of hydrogen-bond acceptors (Lipinski definition) is 4. The zero-order valence-corrected chi connectivity index (χ0v) is 12.6. The van der Waals surface area contributed by atoms with E-state index < -0.39 is 21.8 Å². The fourth-order valence-corrected chi connectivity index (χ4v) is 5.23. The van der Waals surface area contributed by atoms with Crippen molar-refractivity contribution in [2.45, 2.75) is 31.3 Å². The molecule has 2 heterocycles. The second-order valence-corrected chi connectivity index (χ2v) is 8.07. The van der Waals surface area contributed by atoms with E-state index in [2.05, 4.69) is 0 Å². The van der Waals surface area contributed by atoms with Crippen molar-refractivity contribution in [3.63, 3.8) is 0 Å². The molecular formula is C15H19NO4S. The maximum atomic E-state index is 11.9. The molecule has 0 aliphatic carbocycles. The van der Waals surface area contributed by atoms with Gasteiger partial charge in [-0.2, -0.15) is 0 Å². The largest absolute Gasteiger partial charge is 0.480 e. The number of carboxylic acids is 1. The molecule has 3 rings (SSSR count). The molecule has 0 saturated carbocycles. The van der Waals surface area contributed by atoms with E-state index in [-0.39, 0.29) is 17.5 Å². The van der Waals surface area contributed by atoms with Gasteiger partial charge in [0.1, 0.15) is 6.04 Å². The standard InChI is InChI=1S/C15H19NO4S/c17-15(18)14-13-6-2-1-4-11(13)7-8-16(14)12-5-3-9-21(19,20)10-12/h1-2,4,6,12,14H,3,5,7-10H2,(H,17,18). The van der Waals surface area contributed by atoms with Crippen LogP contribution < -0.4 is 0 Å². The highest BCUT2D eigenvalue weighted by atomic mass is 32.2. The van der Waals surface area contributed by atoms with E-state index in [1.165, 1.54) is 0 Å². The molecule has 1 aromatic carbocycles. The molecule has 1 saturated heterocycles. The lowest BCUT2D eigenvalue weighted by molar-refractivity contribution is -0.145. The Hall–Kier alpha value is -1.40. The summed E-state index contributed by atoms with van der Waals surface area (Å²) in [6.45, 7) is 0.605. The van der Waals surface area contributed by atoms with Gasteiger partial charge in [0.15, 0.2) is 9.84 Å². The molecule has 2 unspecified atom stereocenters. The molecule has 0 bridgehead atoms. The van der Waals surface area contributed by atoms with E-state index >= 15 is 0 Å². The minimum Gasteiger partial charge on any atom is -0.480 e. The van der Waals surface area contributed by atoms with Crippen LogP contribution >= 0.6 is 0 Å². The number of carbonyl (C=O) groups is 1. The molecule has 5 nitrogen and oxygen atoms in total. The number of sulfone groups is 1. The smallest absolute Gasteiger partial charge is 0.325 e. The molecule has 2 aliphatic heterocycles. The van der Waals surface area contributed by atoms with Crippen LogP contribution in [0.2, 0.25) is 0 Å². The Balaban J connectivity index is 1.94. The van der Waals surface area contributed by atoms with Crippen LogP contribution in [0.25, 0.3) is 0 Å². The summed E-state index contributed by atoms with van der Waals surface area (Å²) in [7, 11) is -3.04. The minimum atomic E-state index is -3.04. The summed E-state index contributed by atoms with van der Waals surface area (Å²) >= 11 is 0. The van der Waals surface area contributed by atoms with Crippen molar-refractivity contribution in [2.75, 3.05) is 18.1 Å². The van der Waals surface area contributed by atoms with E-state index in [0.29, 0.717) is 13.0 Å². The fourth-order valence-electron chi connectivity index (χ4n) is 3.51. The second-order valence-electron chi connectivity index (χ2n) is 5.84. The average molecular weight is 309 g/mol. The van der Waals surface area contributed by atoms with Crippen LogP contribution in [0.5, 0.6) is 0 Å². The molecular weight excluding hydrogens is 290 g/mol. The maximum Gasteiger partial charge on any atom is 0.325 e. The lowest BCUT2D eigenvalue weighted by Gasteiger charge is -2.41. The summed E-state index contributed by atoms with van der Waals surface area (Å²) in [5.74, 6) is -0.588. The van der Waals surface area contributed by atoms with Gasteiger partial charge >= 0.3 is 5.97 Å². The molecule has 1 fully saturated rings. The highest BCUT2D eigenvalue weighted by Crippen LogP contribution is 2.34. The monoisotopic (exact) mass is 309 g/mol. The SMILES string of the molecule is O=C(O)C1c2ccccc2CCN1C1CCCS(=O)(=O)C1. The van der Waals surface area contributed by atoms with Crippen molar-refractivity contribution in [1.29, 1.82) is 0 Å². The number of hydrogen-bond donors (Lipinski definition) is 1. The van der Waals surface area contributed by atoms with Crippen LogP contribution in [0, 0.1) is 0 Å². The first kappa shape index (κ1) is 14.5. The highest BCUT2D eigenvalue weighted by molar-refractivity contribution is 7.91. The molecule has 0 radical (unpaired) electrons. The summed E-state index contributed by atoms with van der Waals surface area (Å²) in [6.07, 6.45) is 2.15. The lowest BCUT2D eigenvalue weighted by atomic mass is 9.91. The predicted octanol–water partition coefficient (Wildman–Crippen LogP) is 1.25. The molecule has 114 valence electrons. The Labute approximate surface area is 124 Å². The first-order chi connectivity index (χ1) is 9.98. The Morgan fingerprint density at radius 2 is 2.05 bits per heavy atom. The van der Waals surface area contributed by atoms with Crippen molar-refractivity contribution in [3.8, 4) is 0 Å². The van der Waals surface area contributed by atoms with Gasteiger partial charge in [-0.1, -0.05) is 24.3 Å². The molecule has 0 amide bonds. The minimum absolute atomic E-state index is 0.0823. The van der Waals surface area contributed by atoms with Gasteiger partial charge in [-0.3, -0.25) is 9.69 Å². The molecule has 0 spiro atoms. The van der Waals surface area contributed by atoms with Gasteiger partial charge in [0.05, 0.1) is 11.5 Å². The number of fused-ring (bicyclic) bond motifs is 1. The Kier molecular flexibility index (Phi) is 3.75. The van der Waals surface area contributed by atoms with Crippen molar-refractivity contribution in [1.82, 2.24) is 4.90 Å². The first-order valence-electron chi connectivity index (χ1n) is 7.25. The van der Waals surface area contributed by atoms with E-state index in [4.69, 9.17) is 0 Å². The van der Waals surface area contributed by atoms with Crippen molar-refractivity contribution in [2.24, 2.45) is 0 Å². The normalized spacial score (nSPS) is 28.8. The van der Waals surface area contributed by atoms with Gasteiger partial charge in [-0.05, 0) is 30.4 Å². The van der Waals surface area contributed by atoms with Crippen LogP contribution in [-0.2, 0) is 21.1 Å². The molecule has 0 aromatic heterocycles. The van der Waals surface area contributed by atoms with E-state index in [1.807, 2.05) is 29.2 Å². The fraction of sp³-hybridized carbons (Fsp3) is 0.533. The third-order valence-corrected chi connectivity index (χ3v) is 6.27. The van der Waals surface area contributed by atoms with Gasteiger partial charge in [0.2, 0.25) is 0 Å². The van der Waals surface area contributed by atoms with Gasteiger partial charge in [0, 0.05) is 12.6 Å². The number of benzene rings is 1. The zero-order chi connectivity index (χ0) is 15.0. The van der Waals surface area contributed by atoms with Crippen LogP contribution in [0.4, 0.5) is 0 Å². The summed E-state index contributed by atoms with van der Waals surface area (Å²) in [6, 6.07) is 6.65. The predicted molar refractivity (Wildman–Crippen MR) is 78.9 cm³/mol. The maximum absolute atomic E-state index is 11.9. The lowest BCUT2D eigenvalue weighted by Crippen LogP contribution is -2.50. The van der Waals surface area contributed by atoms with Crippen LogP contribution in [0.15, 0.2) is 24.3 Å². The highest BCUT2D eigenvalue weighted by Gasteiger charge is 2.39. The molecule has 1 N–H and O–H groups in total. The van der Waals surface area contributed by atoms with Crippen LogP contribution in [0.1, 0.15) is 30.0 Å². The zero-order valence-electron chi connectivity index (χ0n) is 11.7. The summed E-state index contributed by atoms with van der Waals surface area (Å²) in [5.41, 5.74) is 1.86. The van der Waals surface area contributed by atoms with Gasteiger partial charge in [0.25, 0.3) is 0 Å². The van der Waals surface area contributed by atoms with E-state index in [9.17, 15) is 18.3 Å². The Morgan fingerprint density at radius 1 is 1.29 bits per heavy atom. The number of rotatable bonds is 2. The van der Waals surface area contributed by atoms with E-state index in [0.717, 1.165) is 24.0 Å². The Bertz CT molecular complexity index is 655. The number of aliphatic carboxylic acids is 1. The topological polar surface area (TPSA) is 74.7 Å². The molecule has 1 aromatic rings. The molecule has 2 atom stereocenters. The van der Waals surface area contributed by atoms with Crippen molar-refractivity contribution >= 4 is 15.8 Å². The third kappa shape index (κ3) is 2.82. The van der Waals surface area contributed by atoms with E-state index in [1.54, 1.807) is 0 Å². The van der Waals surface area contributed by atoms with Crippen LogP contribution in [-0.4, -0.2) is 48.5 Å². The summed E-state index contributed by atoms with van der Waals surface area (Å²) < 4.78 is 23.7. The van der Waals surface area contributed by atoms with Gasteiger partial charge < -0.3 is 5.11 Å². The van der Waals surface area contributed by atoms with Gasteiger partial charge in [-0.15, -0.1) is 0 Å². The molecule has 2 aliphatic rings. The average Bonchev–Trinajstić information content (AvgIpc) is 2.44. The quantitative estimate of drug-likeness (QED) is 0.890. The third-order valence-electron chi connectivity index (χ3n) is 4.46. The number of nitrogens with zero attached hydrogens (tertiary/aromatic N) is 1. The molecule has 6 heteroatoms. The molecule has 21 heavy (non-hydrogen) atoms. The Morgan fingerprint density at radius 3 is 2.76 bits per heavy atom. The van der Waals surface area contributed by atoms with Gasteiger partial charge in [-0.25, -0.2) is 8.42 Å². The summed E-state index contributed by atoms with van der Waals surface area (Å²) in [4.78, 5) is 13.6. The van der Waals surface area contributed by atoms with Crippen molar-refractivity contribution in [3.05, 3.63) is 35.4 Å². The number of carboxylic acid groups (broad SMARTS) is 1. The first-order valence-corrected chi connectivity index (χ1v) is 9.07. The van der Waals surface area contributed by atoms with Crippen LogP contribution in [0.3, 0.4) is 0 Å².